The van der Waals surface area contributed by atoms with E-state index in [0.29, 0.717) is 5.69 Å². The van der Waals surface area contributed by atoms with Crippen molar-refractivity contribution in [2.24, 2.45) is 0 Å². The maximum Gasteiger partial charge on any atom is 0.408 e. The molecule has 0 spiro atoms. The Morgan fingerprint density at radius 3 is 2.50 bits per heavy atom. The molecule has 0 bridgehead atoms. The number of halogens is 1. The number of benzene rings is 1. The topological polar surface area (TPSA) is 184 Å². The number of carboxylic acids is 1. The third-order valence-electron chi connectivity index (χ3n) is 5.46. The van der Waals surface area contributed by atoms with Crippen molar-refractivity contribution in [2.45, 2.75) is 31.5 Å². The lowest BCUT2D eigenvalue weighted by Crippen LogP contribution is -2.43. The number of amides is 3. The first-order chi connectivity index (χ1) is 16.0. The third-order valence-corrected chi connectivity index (χ3v) is 5.79. The van der Waals surface area contributed by atoms with Crippen molar-refractivity contribution in [2.75, 3.05) is 17.6 Å². The zero-order valence-electron chi connectivity index (χ0n) is 17.9. The number of aromatic nitrogens is 1. The van der Waals surface area contributed by atoms with Gasteiger partial charge in [-0.25, -0.2) is 9.59 Å². The lowest BCUT2D eigenvalue weighted by Gasteiger charge is -2.19. The maximum atomic E-state index is 12.9. The number of nitrogen functional groups attached to an aromatic ring is 1. The van der Waals surface area contributed by atoms with Crippen LogP contribution in [0.2, 0.25) is 5.02 Å². The Balaban J connectivity index is 1.73. The van der Waals surface area contributed by atoms with Gasteiger partial charge >= 0.3 is 12.1 Å². The predicted octanol–water partition coefficient (Wildman–Crippen LogP) is 1.22. The quantitative estimate of drug-likeness (QED) is 0.373. The van der Waals surface area contributed by atoms with Crippen LogP contribution in [0.25, 0.3) is 0 Å². The van der Waals surface area contributed by atoms with E-state index in [9.17, 15) is 34.2 Å². The van der Waals surface area contributed by atoms with Crippen molar-refractivity contribution in [3.63, 3.8) is 0 Å². The number of nitrogens with two attached hydrogens (primary N) is 1. The first-order valence-electron chi connectivity index (χ1n) is 10.1. The normalized spacial score (nSPS) is 18.2. The number of rotatable bonds is 6. The fourth-order valence-electron chi connectivity index (χ4n) is 3.61. The van der Waals surface area contributed by atoms with E-state index in [1.165, 1.54) is 43.5 Å². The molecule has 180 valence electrons. The van der Waals surface area contributed by atoms with Crippen LogP contribution in [0.15, 0.2) is 41.3 Å². The summed E-state index contributed by atoms with van der Waals surface area (Å²) in [5.41, 5.74) is 5.38. The molecule has 1 aromatic carbocycles. The Bertz CT molecular complexity index is 1190. The van der Waals surface area contributed by atoms with E-state index in [2.05, 4.69) is 10.6 Å². The van der Waals surface area contributed by atoms with Crippen molar-refractivity contribution in [1.82, 2.24) is 14.8 Å². The summed E-state index contributed by atoms with van der Waals surface area (Å²) in [6.07, 6.45) is -0.144. The summed E-state index contributed by atoms with van der Waals surface area (Å²) in [5.74, 6) is -2.53. The van der Waals surface area contributed by atoms with Gasteiger partial charge in [0.2, 0.25) is 5.91 Å². The number of nitrogens with one attached hydrogen (secondary N) is 2. The number of nitrogens with zero attached hydrogens (tertiary/aromatic N) is 2. The van der Waals surface area contributed by atoms with Crippen molar-refractivity contribution in [3.05, 3.63) is 57.5 Å². The van der Waals surface area contributed by atoms with Gasteiger partial charge in [0.25, 0.3) is 11.5 Å². The molecule has 3 atom stereocenters. The van der Waals surface area contributed by atoms with Crippen molar-refractivity contribution in [1.29, 1.82) is 0 Å². The molecule has 3 rings (SSSR count). The highest BCUT2D eigenvalue weighted by molar-refractivity contribution is 6.33. The monoisotopic (exact) mass is 491 g/mol. The minimum absolute atomic E-state index is 0.0797. The highest BCUT2D eigenvalue weighted by atomic mass is 35.5. The lowest BCUT2D eigenvalue weighted by molar-refractivity contribution is -0.141. The van der Waals surface area contributed by atoms with E-state index >= 15 is 0 Å². The average Bonchev–Trinajstić information content (AvgIpc) is 3.21. The molecule has 0 radical (unpaired) electrons. The molecular formula is C21H22ClN5O7. The zero-order chi connectivity index (χ0) is 25.2. The van der Waals surface area contributed by atoms with E-state index < -0.39 is 47.6 Å². The molecule has 34 heavy (non-hydrogen) atoms. The van der Waals surface area contributed by atoms with Gasteiger partial charge in [0.1, 0.15) is 17.8 Å². The van der Waals surface area contributed by atoms with Gasteiger partial charge in [0.05, 0.1) is 10.7 Å². The van der Waals surface area contributed by atoms with Gasteiger partial charge in [-0.15, -0.1) is 0 Å². The number of hydrogen-bond donors (Lipinski definition) is 5. The van der Waals surface area contributed by atoms with E-state index in [-0.39, 0.29) is 29.2 Å². The van der Waals surface area contributed by atoms with Gasteiger partial charge in [0, 0.05) is 30.8 Å². The number of aliphatic carboxylic acids is 1. The van der Waals surface area contributed by atoms with Gasteiger partial charge < -0.3 is 31.1 Å². The molecule has 3 amide bonds. The van der Waals surface area contributed by atoms with Gasteiger partial charge in [-0.3, -0.25) is 19.3 Å². The van der Waals surface area contributed by atoms with Crippen LogP contribution >= 0.6 is 11.6 Å². The van der Waals surface area contributed by atoms with E-state index in [1.807, 2.05) is 0 Å². The number of anilines is 2. The minimum Gasteiger partial charge on any atom is -0.480 e. The first-order valence-corrected chi connectivity index (χ1v) is 10.5. The number of carboxylic acid groups (broad SMARTS) is 2. The van der Waals surface area contributed by atoms with Crippen molar-refractivity contribution >= 4 is 46.9 Å². The molecule has 13 heteroatoms. The van der Waals surface area contributed by atoms with Crippen molar-refractivity contribution in [3.8, 4) is 0 Å². The molecule has 1 saturated heterocycles. The summed E-state index contributed by atoms with van der Waals surface area (Å²) < 4.78 is 1.10. The van der Waals surface area contributed by atoms with Gasteiger partial charge in [-0.1, -0.05) is 11.6 Å². The molecule has 1 aliphatic rings. The molecule has 2 heterocycles. The lowest BCUT2D eigenvalue weighted by atomic mass is 10.1. The molecule has 2 aromatic rings. The molecule has 1 fully saturated rings. The van der Waals surface area contributed by atoms with Crippen LogP contribution in [0.5, 0.6) is 0 Å². The third kappa shape index (κ3) is 5.12. The van der Waals surface area contributed by atoms with Crippen LogP contribution in [0.1, 0.15) is 29.7 Å². The summed E-state index contributed by atoms with van der Waals surface area (Å²) >= 11 is 5.93. The van der Waals surface area contributed by atoms with Gasteiger partial charge in [-0.05, 0) is 37.3 Å². The fraction of sp³-hybridized carbons (Fsp3) is 0.286. The van der Waals surface area contributed by atoms with E-state index in [1.54, 1.807) is 0 Å². The number of hydrogen-bond acceptors (Lipinski definition) is 6. The van der Waals surface area contributed by atoms with Crippen LogP contribution in [0.4, 0.5) is 16.2 Å². The highest BCUT2D eigenvalue weighted by Gasteiger charge is 2.40. The number of likely N-dealkylation sites (tertiary alicyclic amines) is 1. The molecule has 12 nitrogen and oxygen atoms in total. The summed E-state index contributed by atoms with van der Waals surface area (Å²) in [6.45, 7) is 1.25. The Kier molecular flexibility index (Phi) is 7.11. The summed E-state index contributed by atoms with van der Waals surface area (Å²) in [4.78, 5) is 61.4. The van der Waals surface area contributed by atoms with Crippen LogP contribution in [0.3, 0.4) is 0 Å². The van der Waals surface area contributed by atoms with Crippen LogP contribution in [0, 0.1) is 0 Å². The smallest absolute Gasteiger partial charge is 0.408 e. The SMILES string of the molecule is CC(C(=O)N[C@@H]1C[C@@H](C(=O)O)N(C(=O)O)C1)n1cccc(NC(=O)c2ccc(N)c(Cl)c2)c1=O. The largest absolute Gasteiger partial charge is 0.480 e. The first kappa shape index (κ1) is 24.6. The summed E-state index contributed by atoms with van der Waals surface area (Å²) in [7, 11) is 0. The minimum atomic E-state index is -1.40. The number of carbonyl (C=O) groups excluding carboxylic acids is 2. The Morgan fingerprint density at radius 1 is 1.21 bits per heavy atom. The fourth-order valence-corrected chi connectivity index (χ4v) is 3.79. The molecular weight excluding hydrogens is 470 g/mol. The zero-order valence-corrected chi connectivity index (χ0v) is 18.7. The molecule has 1 aliphatic heterocycles. The predicted molar refractivity (Wildman–Crippen MR) is 122 cm³/mol. The molecule has 1 unspecified atom stereocenters. The molecule has 6 N–H and O–H groups in total. The second kappa shape index (κ2) is 9.83. The van der Waals surface area contributed by atoms with Crippen molar-refractivity contribution < 1.29 is 29.4 Å². The van der Waals surface area contributed by atoms with E-state index in [4.69, 9.17) is 17.3 Å². The Hall–Kier alpha value is -4.06. The number of carbonyl (C=O) groups is 4. The second-order valence-corrected chi connectivity index (χ2v) is 8.14. The standard InChI is InChI=1S/C21H22ClN5O7/c1-10(17(28)24-12-8-16(20(31)32)27(9-12)21(33)34)26-6-2-3-15(19(26)30)25-18(29)11-4-5-14(23)13(22)7-11/h2-7,10,12,16H,8-9,23H2,1H3,(H,24,28)(H,25,29)(H,31,32)(H,33,34)/t10?,12-,16+/m1/s1. The van der Waals surface area contributed by atoms with Gasteiger partial charge in [-0.2, -0.15) is 0 Å². The second-order valence-electron chi connectivity index (χ2n) is 7.73. The summed E-state index contributed by atoms with van der Waals surface area (Å²) in [6, 6.07) is 4.06. The number of pyridine rings is 1. The summed E-state index contributed by atoms with van der Waals surface area (Å²) in [5, 5.41) is 23.6. The molecule has 1 aromatic heterocycles. The maximum absolute atomic E-state index is 12.9. The van der Waals surface area contributed by atoms with Gasteiger partial charge in [0.15, 0.2) is 0 Å². The van der Waals surface area contributed by atoms with E-state index in [0.717, 1.165) is 9.47 Å². The Morgan fingerprint density at radius 2 is 1.91 bits per heavy atom. The van der Waals surface area contributed by atoms with Crippen LogP contribution in [-0.4, -0.2) is 62.2 Å². The Labute approximate surface area is 197 Å². The molecule has 0 saturated carbocycles. The highest BCUT2D eigenvalue weighted by Crippen LogP contribution is 2.21. The van der Waals surface area contributed by atoms with Crippen LogP contribution in [-0.2, 0) is 9.59 Å². The van der Waals surface area contributed by atoms with Crippen LogP contribution < -0.4 is 21.9 Å². The molecule has 0 aliphatic carbocycles. The average molecular weight is 492 g/mol.